The Balaban J connectivity index is 2.48. The minimum Gasteiger partial charge on any atom is -0.461 e. The summed E-state index contributed by atoms with van der Waals surface area (Å²) in [4.78, 5) is 22.1. The van der Waals surface area contributed by atoms with Gasteiger partial charge in [0.15, 0.2) is 5.60 Å². The van der Waals surface area contributed by atoms with E-state index in [1.54, 1.807) is 13.8 Å². The standard InChI is InChI=1S/C10H16O5/c1-7(2)9(13)14-6-10(5-11)4-3-8(12)15-10/h7,11H,3-6H2,1-2H3. The van der Waals surface area contributed by atoms with E-state index < -0.39 is 5.60 Å². The third-order valence-corrected chi connectivity index (χ3v) is 2.35. The predicted octanol–water partition coefficient (Wildman–Crippen LogP) is 0.254. The Hall–Kier alpha value is -1.10. The van der Waals surface area contributed by atoms with E-state index in [2.05, 4.69) is 0 Å². The molecule has 0 bridgehead atoms. The quantitative estimate of drug-likeness (QED) is 0.682. The van der Waals surface area contributed by atoms with Gasteiger partial charge >= 0.3 is 11.9 Å². The van der Waals surface area contributed by atoms with E-state index in [-0.39, 0.29) is 37.5 Å². The largest absolute Gasteiger partial charge is 0.461 e. The fraction of sp³-hybridized carbons (Fsp3) is 0.800. The molecule has 0 spiro atoms. The average Bonchev–Trinajstić information content (AvgIpc) is 2.57. The number of hydrogen-bond acceptors (Lipinski definition) is 5. The van der Waals surface area contributed by atoms with Gasteiger partial charge in [-0.15, -0.1) is 0 Å². The lowest BCUT2D eigenvalue weighted by Crippen LogP contribution is -2.39. The predicted molar refractivity (Wildman–Crippen MR) is 50.9 cm³/mol. The van der Waals surface area contributed by atoms with Gasteiger partial charge in [0.25, 0.3) is 0 Å². The van der Waals surface area contributed by atoms with Crippen molar-refractivity contribution in [3.63, 3.8) is 0 Å². The molecule has 15 heavy (non-hydrogen) atoms. The second kappa shape index (κ2) is 4.61. The van der Waals surface area contributed by atoms with Gasteiger partial charge in [0.05, 0.1) is 12.5 Å². The molecule has 1 saturated heterocycles. The Morgan fingerprint density at radius 1 is 1.67 bits per heavy atom. The second-order valence-corrected chi connectivity index (χ2v) is 4.08. The van der Waals surface area contributed by atoms with Crippen molar-refractivity contribution in [3.8, 4) is 0 Å². The van der Waals surface area contributed by atoms with Crippen LogP contribution < -0.4 is 0 Å². The summed E-state index contributed by atoms with van der Waals surface area (Å²) < 4.78 is 9.92. The molecule has 1 unspecified atom stereocenters. The Kier molecular flexibility index (Phi) is 3.68. The molecule has 0 aliphatic carbocycles. The molecule has 0 amide bonds. The number of ether oxygens (including phenoxy) is 2. The molecular weight excluding hydrogens is 200 g/mol. The highest BCUT2D eigenvalue weighted by atomic mass is 16.6. The van der Waals surface area contributed by atoms with Crippen molar-refractivity contribution in [1.29, 1.82) is 0 Å². The van der Waals surface area contributed by atoms with Crippen LogP contribution in [-0.4, -0.2) is 35.9 Å². The maximum absolute atomic E-state index is 11.2. The first-order valence-corrected chi connectivity index (χ1v) is 4.98. The van der Waals surface area contributed by atoms with Gasteiger partial charge in [-0.2, -0.15) is 0 Å². The van der Waals surface area contributed by atoms with Crippen LogP contribution in [0.15, 0.2) is 0 Å². The molecule has 1 atom stereocenters. The van der Waals surface area contributed by atoms with E-state index in [4.69, 9.17) is 14.6 Å². The first-order chi connectivity index (χ1) is 6.99. The summed E-state index contributed by atoms with van der Waals surface area (Å²) in [6, 6.07) is 0. The van der Waals surface area contributed by atoms with E-state index in [0.29, 0.717) is 6.42 Å². The van der Waals surface area contributed by atoms with Crippen LogP contribution in [0.1, 0.15) is 26.7 Å². The highest BCUT2D eigenvalue weighted by molar-refractivity contribution is 5.73. The van der Waals surface area contributed by atoms with Crippen molar-refractivity contribution in [1.82, 2.24) is 0 Å². The zero-order valence-corrected chi connectivity index (χ0v) is 8.99. The summed E-state index contributed by atoms with van der Waals surface area (Å²) in [5.74, 6) is -0.937. The Morgan fingerprint density at radius 3 is 2.73 bits per heavy atom. The first kappa shape index (κ1) is 12.0. The third kappa shape index (κ3) is 2.92. The van der Waals surface area contributed by atoms with E-state index in [1.165, 1.54) is 0 Å². The average molecular weight is 216 g/mol. The third-order valence-electron chi connectivity index (χ3n) is 2.35. The van der Waals surface area contributed by atoms with Gasteiger partial charge in [0.1, 0.15) is 6.61 Å². The van der Waals surface area contributed by atoms with Crippen molar-refractivity contribution in [2.24, 2.45) is 5.92 Å². The van der Waals surface area contributed by atoms with Crippen molar-refractivity contribution < 1.29 is 24.2 Å². The lowest BCUT2D eigenvalue weighted by molar-refractivity contribution is -0.168. The van der Waals surface area contributed by atoms with Crippen LogP contribution in [-0.2, 0) is 19.1 Å². The fourth-order valence-electron chi connectivity index (χ4n) is 1.30. The zero-order chi connectivity index (χ0) is 11.5. The van der Waals surface area contributed by atoms with Crippen LogP contribution >= 0.6 is 0 Å². The molecule has 1 aliphatic rings. The molecule has 0 aromatic heterocycles. The molecule has 0 radical (unpaired) electrons. The number of aliphatic hydroxyl groups is 1. The van der Waals surface area contributed by atoms with Gasteiger partial charge in [0.2, 0.25) is 0 Å². The van der Waals surface area contributed by atoms with Crippen LogP contribution in [0, 0.1) is 5.92 Å². The van der Waals surface area contributed by atoms with Gasteiger partial charge in [-0.3, -0.25) is 9.59 Å². The Labute approximate surface area is 88.4 Å². The molecule has 0 aromatic carbocycles. The number of cyclic esters (lactones) is 1. The van der Waals surface area contributed by atoms with Gasteiger partial charge in [0, 0.05) is 12.8 Å². The van der Waals surface area contributed by atoms with Crippen molar-refractivity contribution in [2.75, 3.05) is 13.2 Å². The highest BCUT2D eigenvalue weighted by Crippen LogP contribution is 2.26. The zero-order valence-electron chi connectivity index (χ0n) is 8.99. The number of esters is 2. The monoisotopic (exact) mass is 216 g/mol. The molecule has 0 saturated carbocycles. The maximum atomic E-state index is 11.2. The number of hydrogen-bond donors (Lipinski definition) is 1. The molecule has 1 N–H and O–H groups in total. The second-order valence-electron chi connectivity index (χ2n) is 4.08. The van der Waals surface area contributed by atoms with Gasteiger partial charge < -0.3 is 14.6 Å². The first-order valence-electron chi connectivity index (χ1n) is 4.98. The molecular formula is C10H16O5. The van der Waals surface area contributed by atoms with E-state index in [9.17, 15) is 9.59 Å². The van der Waals surface area contributed by atoms with Crippen molar-refractivity contribution in [3.05, 3.63) is 0 Å². The van der Waals surface area contributed by atoms with Crippen molar-refractivity contribution >= 4 is 11.9 Å². The van der Waals surface area contributed by atoms with Crippen LogP contribution in [0.2, 0.25) is 0 Å². The molecule has 1 aliphatic heterocycles. The van der Waals surface area contributed by atoms with Crippen LogP contribution in [0.3, 0.4) is 0 Å². The topological polar surface area (TPSA) is 72.8 Å². The molecule has 5 nitrogen and oxygen atoms in total. The number of aliphatic hydroxyl groups excluding tert-OH is 1. The molecule has 86 valence electrons. The molecule has 1 fully saturated rings. The van der Waals surface area contributed by atoms with Gasteiger partial charge in [-0.1, -0.05) is 13.8 Å². The minimum absolute atomic E-state index is 0.0632. The van der Waals surface area contributed by atoms with Crippen LogP contribution in [0.5, 0.6) is 0 Å². The molecule has 1 heterocycles. The lowest BCUT2D eigenvalue weighted by Gasteiger charge is -2.24. The Morgan fingerprint density at radius 2 is 2.33 bits per heavy atom. The SMILES string of the molecule is CC(C)C(=O)OCC1(CO)CCC(=O)O1. The molecule has 1 rings (SSSR count). The van der Waals surface area contributed by atoms with Gasteiger partial charge in [-0.05, 0) is 0 Å². The smallest absolute Gasteiger partial charge is 0.308 e. The summed E-state index contributed by atoms with van der Waals surface area (Å²) in [6.45, 7) is 3.06. The summed E-state index contributed by atoms with van der Waals surface area (Å²) in [7, 11) is 0. The summed E-state index contributed by atoms with van der Waals surface area (Å²) in [5, 5.41) is 9.12. The van der Waals surface area contributed by atoms with Crippen molar-refractivity contribution in [2.45, 2.75) is 32.3 Å². The number of carbonyl (C=O) groups excluding carboxylic acids is 2. The Bertz CT molecular complexity index is 261. The lowest BCUT2D eigenvalue weighted by atomic mass is 10.0. The van der Waals surface area contributed by atoms with Crippen LogP contribution in [0.25, 0.3) is 0 Å². The normalized spacial score (nSPS) is 25.5. The molecule has 5 heteroatoms. The van der Waals surface area contributed by atoms with Crippen LogP contribution in [0.4, 0.5) is 0 Å². The summed E-state index contributed by atoms with van der Waals surface area (Å²) >= 11 is 0. The number of carbonyl (C=O) groups is 2. The summed E-state index contributed by atoms with van der Waals surface area (Å²) in [5.41, 5.74) is -1.01. The van der Waals surface area contributed by atoms with E-state index in [1.807, 2.05) is 0 Å². The van der Waals surface area contributed by atoms with E-state index in [0.717, 1.165) is 0 Å². The van der Waals surface area contributed by atoms with E-state index >= 15 is 0 Å². The summed E-state index contributed by atoms with van der Waals surface area (Å²) in [6.07, 6.45) is 0.660. The fourth-order valence-corrected chi connectivity index (χ4v) is 1.30. The molecule has 0 aromatic rings. The minimum atomic E-state index is -1.01. The maximum Gasteiger partial charge on any atom is 0.308 e. The highest BCUT2D eigenvalue weighted by Gasteiger charge is 2.41. The van der Waals surface area contributed by atoms with Gasteiger partial charge in [-0.25, -0.2) is 0 Å². The number of rotatable bonds is 4.